The maximum atomic E-state index is 11.3. The largest absolute Gasteiger partial charge is 0.391 e. The average Bonchev–Trinajstić information content (AvgIpc) is 3.00. The maximum Gasteiger partial charge on any atom is 0.135 e. The van der Waals surface area contributed by atoms with Gasteiger partial charge in [-0.1, -0.05) is 11.6 Å². The molecule has 0 aromatic rings. The molecule has 0 amide bonds. The molecule has 0 bridgehead atoms. The van der Waals surface area contributed by atoms with Gasteiger partial charge in [0.1, 0.15) is 11.8 Å². The van der Waals surface area contributed by atoms with Crippen LogP contribution in [0.2, 0.25) is 0 Å². The number of aliphatic hydroxyl groups is 1. The molecule has 2 unspecified atom stereocenters. The highest BCUT2D eigenvalue weighted by Crippen LogP contribution is 2.31. The fourth-order valence-corrected chi connectivity index (χ4v) is 1.64. The lowest BCUT2D eigenvalue weighted by molar-refractivity contribution is -0.120. The Bertz CT molecular complexity index is 224. The van der Waals surface area contributed by atoms with Gasteiger partial charge in [-0.15, -0.1) is 0 Å². The van der Waals surface area contributed by atoms with Gasteiger partial charge >= 0.3 is 0 Å². The van der Waals surface area contributed by atoms with Crippen molar-refractivity contribution in [1.29, 1.82) is 0 Å². The quantitative estimate of drug-likeness (QED) is 0.495. The average molecular weight is 213 g/mol. The van der Waals surface area contributed by atoms with Crippen LogP contribution in [0.1, 0.15) is 45.4 Å². The molecule has 1 rings (SSSR count). The number of hydrogen-bond donors (Lipinski definition) is 1. The highest BCUT2D eigenvalue weighted by atomic mass is 16.3. The first-order chi connectivity index (χ1) is 7.15. The smallest absolute Gasteiger partial charge is 0.135 e. The normalized spacial score (nSPS) is 19.6. The summed E-state index contributed by atoms with van der Waals surface area (Å²) in [4.78, 5) is 21.6. The number of Topliss-reactive ketones (excluding diaryl/α,β-unsaturated/α-hetero) is 1. The molecule has 4 heteroatoms. The van der Waals surface area contributed by atoms with Crippen LogP contribution in [-0.4, -0.2) is 23.0 Å². The van der Waals surface area contributed by atoms with E-state index >= 15 is 0 Å². The Balaban J connectivity index is 2.04. The fourth-order valence-electron chi connectivity index (χ4n) is 1.64. The van der Waals surface area contributed by atoms with Crippen LogP contribution in [0, 0.1) is 10.8 Å². The lowest BCUT2D eigenvalue weighted by atomic mass is 10.0. The summed E-state index contributed by atoms with van der Waals surface area (Å²) in [6, 6.07) is -0.513. The Labute approximate surface area is 90.0 Å². The van der Waals surface area contributed by atoms with Crippen molar-refractivity contribution in [3.8, 4) is 0 Å². The van der Waals surface area contributed by atoms with Crippen LogP contribution in [0.5, 0.6) is 0 Å². The molecule has 15 heavy (non-hydrogen) atoms. The first kappa shape index (κ1) is 12.3. The van der Waals surface area contributed by atoms with Gasteiger partial charge in [-0.05, 0) is 32.6 Å². The summed E-state index contributed by atoms with van der Waals surface area (Å²) in [5.41, 5.74) is 0. The van der Waals surface area contributed by atoms with Crippen molar-refractivity contribution in [3.05, 3.63) is 4.91 Å². The number of unbranched alkanes of at least 4 members (excludes halogenated alkanes) is 1. The summed E-state index contributed by atoms with van der Waals surface area (Å²) < 4.78 is 0. The van der Waals surface area contributed by atoms with E-state index in [1.807, 2.05) is 0 Å². The van der Waals surface area contributed by atoms with Gasteiger partial charge in [0.25, 0.3) is 0 Å². The van der Waals surface area contributed by atoms with Crippen molar-refractivity contribution in [1.82, 2.24) is 0 Å². The predicted molar refractivity (Wildman–Crippen MR) is 57.5 cm³/mol. The van der Waals surface area contributed by atoms with Crippen LogP contribution >= 0.6 is 0 Å². The van der Waals surface area contributed by atoms with E-state index in [4.69, 9.17) is 5.11 Å². The third-order valence-electron chi connectivity index (χ3n) is 2.90. The molecule has 0 saturated heterocycles. The SMILES string of the molecule is CC(O)C(CCCCC(=O)C1CC1)N=O. The molecule has 1 aliphatic carbocycles. The van der Waals surface area contributed by atoms with Gasteiger partial charge in [-0.2, -0.15) is 4.91 Å². The molecule has 1 fully saturated rings. The predicted octanol–water partition coefficient (Wildman–Crippen LogP) is 2.04. The topological polar surface area (TPSA) is 66.7 Å². The second kappa shape index (κ2) is 5.95. The summed E-state index contributed by atoms with van der Waals surface area (Å²) in [5.74, 6) is 0.699. The van der Waals surface area contributed by atoms with Crippen molar-refractivity contribution in [3.63, 3.8) is 0 Å². The second-order valence-electron chi connectivity index (χ2n) is 4.40. The maximum absolute atomic E-state index is 11.3. The molecule has 2 atom stereocenters. The van der Waals surface area contributed by atoms with Crippen molar-refractivity contribution >= 4 is 5.78 Å². The number of nitroso groups, excluding NO2 is 1. The van der Waals surface area contributed by atoms with E-state index in [1.54, 1.807) is 6.92 Å². The Kier molecular flexibility index (Phi) is 4.88. The van der Waals surface area contributed by atoms with Crippen molar-refractivity contribution in [2.45, 2.75) is 57.6 Å². The van der Waals surface area contributed by atoms with E-state index in [2.05, 4.69) is 5.18 Å². The molecular formula is C11H19NO3. The van der Waals surface area contributed by atoms with Crippen LogP contribution < -0.4 is 0 Å². The highest BCUT2D eigenvalue weighted by Gasteiger charge is 2.28. The zero-order chi connectivity index (χ0) is 11.3. The molecule has 0 spiro atoms. The minimum atomic E-state index is -0.679. The van der Waals surface area contributed by atoms with E-state index in [0.717, 1.165) is 25.7 Å². The molecule has 0 aliphatic heterocycles. The van der Waals surface area contributed by atoms with Crippen LogP contribution in [-0.2, 0) is 4.79 Å². The number of ketones is 1. The lowest BCUT2D eigenvalue weighted by Crippen LogP contribution is -2.20. The summed E-state index contributed by atoms with van der Waals surface area (Å²) in [7, 11) is 0. The first-order valence-electron chi connectivity index (χ1n) is 5.68. The van der Waals surface area contributed by atoms with Crippen LogP contribution in [0.25, 0.3) is 0 Å². The van der Waals surface area contributed by atoms with Crippen molar-refractivity contribution in [2.24, 2.45) is 11.1 Å². The summed E-state index contributed by atoms with van der Waals surface area (Å²) >= 11 is 0. The van der Waals surface area contributed by atoms with Crippen LogP contribution in [0.15, 0.2) is 5.18 Å². The minimum Gasteiger partial charge on any atom is -0.391 e. The fraction of sp³-hybridized carbons (Fsp3) is 0.909. The van der Waals surface area contributed by atoms with E-state index in [1.165, 1.54) is 0 Å². The van der Waals surface area contributed by atoms with E-state index in [-0.39, 0.29) is 0 Å². The Morgan fingerprint density at radius 1 is 1.47 bits per heavy atom. The minimum absolute atomic E-state index is 0.335. The van der Waals surface area contributed by atoms with Gasteiger partial charge in [-0.25, -0.2) is 0 Å². The molecule has 4 nitrogen and oxygen atoms in total. The number of aliphatic hydroxyl groups excluding tert-OH is 1. The number of hydrogen-bond acceptors (Lipinski definition) is 4. The van der Waals surface area contributed by atoms with Gasteiger partial charge in [0, 0.05) is 12.3 Å². The van der Waals surface area contributed by atoms with Crippen molar-refractivity contribution in [2.75, 3.05) is 0 Å². The Hall–Kier alpha value is -0.770. The van der Waals surface area contributed by atoms with Gasteiger partial charge in [0.15, 0.2) is 0 Å². The zero-order valence-corrected chi connectivity index (χ0v) is 9.19. The van der Waals surface area contributed by atoms with E-state index in [0.29, 0.717) is 24.5 Å². The number of nitrogens with zero attached hydrogens (tertiary/aromatic N) is 1. The molecular weight excluding hydrogens is 194 g/mol. The zero-order valence-electron chi connectivity index (χ0n) is 9.19. The Morgan fingerprint density at radius 2 is 2.13 bits per heavy atom. The van der Waals surface area contributed by atoms with Gasteiger partial charge in [0.2, 0.25) is 0 Å². The molecule has 0 heterocycles. The molecule has 86 valence electrons. The van der Waals surface area contributed by atoms with Crippen LogP contribution in [0.4, 0.5) is 0 Å². The number of rotatable bonds is 8. The molecule has 0 aromatic heterocycles. The molecule has 0 radical (unpaired) electrons. The van der Waals surface area contributed by atoms with E-state index in [9.17, 15) is 9.70 Å². The Morgan fingerprint density at radius 3 is 2.60 bits per heavy atom. The lowest BCUT2D eigenvalue weighted by Gasteiger charge is -2.10. The van der Waals surface area contributed by atoms with Crippen LogP contribution in [0.3, 0.4) is 0 Å². The van der Waals surface area contributed by atoms with Gasteiger partial charge < -0.3 is 5.11 Å². The third kappa shape index (κ3) is 4.51. The van der Waals surface area contributed by atoms with Gasteiger partial charge in [0.05, 0.1) is 6.10 Å². The molecule has 1 N–H and O–H groups in total. The van der Waals surface area contributed by atoms with E-state index < -0.39 is 12.1 Å². The number of carbonyl (C=O) groups is 1. The van der Waals surface area contributed by atoms with Gasteiger partial charge in [-0.3, -0.25) is 4.79 Å². The highest BCUT2D eigenvalue weighted by molar-refractivity contribution is 5.82. The summed E-state index contributed by atoms with van der Waals surface area (Å²) in [5, 5.41) is 12.0. The monoisotopic (exact) mass is 213 g/mol. The first-order valence-corrected chi connectivity index (χ1v) is 5.68. The molecule has 1 aliphatic rings. The summed E-state index contributed by atoms with van der Waals surface area (Å²) in [6.45, 7) is 1.57. The van der Waals surface area contributed by atoms with Crippen molar-refractivity contribution < 1.29 is 9.90 Å². The number of carbonyl (C=O) groups excluding carboxylic acids is 1. The summed E-state index contributed by atoms with van der Waals surface area (Å²) in [6.07, 6.45) is 4.25. The standard InChI is InChI=1S/C11H19NO3/c1-8(13)10(12-15)4-2-3-5-11(14)9-6-7-9/h8-10,13H,2-7H2,1H3. The molecule has 0 aromatic carbocycles. The molecule has 1 saturated carbocycles. The third-order valence-corrected chi connectivity index (χ3v) is 2.90. The second-order valence-corrected chi connectivity index (χ2v) is 4.40.